The molecule has 0 saturated heterocycles. The highest BCUT2D eigenvalue weighted by Crippen LogP contribution is 2.47. The fourth-order valence-corrected chi connectivity index (χ4v) is 3.40. The SMILES string of the molecule is Cc1cccc(C(C)C)c1NC(=O)C1(C(=O)NCCc2ccc(F)cc2)CC1. The van der Waals surface area contributed by atoms with Crippen LogP contribution in [0.4, 0.5) is 10.1 Å². The van der Waals surface area contributed by atoms with E-state index in [1.165, 1.54) is 12.1 Å². The summed E-state index contributed by atoms with van der Waals surface area (Å²) in [6.45, 7) is 6.55. The van der Waals surface area contributed by atoms with Crippen LogP contribution >= 0.6 is 0 Å². The fraction of sp³-hybridized carbons (Fsp3) is 0.391. The standard InChI is InChI=1S/C23H27FN2O2/c1-15(2)19-6-4-5-16(3)20(19)26-22(28)23(12-13-23)21(27)25-14-11-17-7-9-18(24)10-8-17/h4-10,15H,11-14H2,1-3H3,(H,25,27)(H,26,28). The van der Waals surface area contributed by atoms with Crippen molar-refractivity contribution < 1.29 is 14.0 Å². The van der Waals surface area contributed by atoms with E-state index in [-0.39, 0.29) is 23.5 Å². The first-order chi connectivity index (χ1) is 13.3. The van der Waals surface area contributed by atoms with Crippen LogP contribution in [0.1, 0.15) is 49.3 Å². The second-order valence-corrected chi connectivity index (χ2v) is 7.86. The molecule has 0 aromatic heterocycles. The Balaban J connectivity index is 1.62. The number of aryl methyl sites for hydroxylation is 1. The molecule has 1 fully saturated rings. The predicted octanol–water partition coefficient (Wildman–Crippen LogP) is 4.34. The molecule has 0 aliphatic heterocycles. The smallest absolute Gasteiger partial charge is 0.240 e. The molecule has 2 amide bonds. The van der Waals surface area contributed by atoms with Gasteiger partial charge in [0.05, 0.1) is 0 Å². The molecule has 3 rings (SSSR count). The molecule has 1 aliphatic rings. The molecular weight excluding hydrogens is 355 g/mol. The Labute approximate surface area is 165 Å². The number of benzene rings is 2. The van der Waals surface area contributed by atoms with E-state index in [2.05, 4.69) is 24.5 Å². The normalized spacial score (nSPS) is 14.6. The van der Waals surface area contributed by atoms with Crippen molar-refractivity contribution in [1.82, 2.24) is 5.32 Å². The van der Waals surface area contributed by atoms with Gasteiger partial charge in [-0.2, -0.15) is 0 Å². The Bertz CT molecular complexity index is 871. The van der Waals surface area contributed by atoms with Crippen LogP contribution in [0.15, 0.2) is 42.5 Å². The molecule has 2 N–H and O–H groups in total. The summed E-state index contributed by atoms with van der Waals surface area (Å²) < 4.78 is 13.0. The Hall–Kier alpha value is -2.69. The van der Waals surface area contributed by atoms with Crippen molar-refractivity contribution in [2.24, 2.45) is 5.41 Å². The number of halogens is 1. The zero-order valence-corrected chi connectivity index (χ0v) is 16.6. The zero-order chi connectivity index (χ0) is 20.3. The lowest BCUT2D eigenvalue weighted by molar-refractivity contribution is -0.134. The summed E-state index contributed by atoms with van der Waals surface area (Å²) in [7, 11) is 0. The lowest BCUT2D eigenvalue weighted by atomic mass is 9.97. The topological polar surface area (TPSA) is 58.2 Å². The monoisotopic (exact) mass is 382 g/mol. The molecule has 4 nitrogen and oxygen atoms in total. The van der Waals surface area contributed by atoms with Crippen LogP contribution in [-0.2, 0) is 16.0 Å². The average molecular weight is 382 g/mol. The van der Waals surface area contributed by atoms with Crippen molar-refractivity contribution in [1.29, 1.82) is 0 Å². The molecule has 0 atom stereocenters. The minimum Gasteiger partial charge on any atom is -0.355 e. The second-order valence-electron chi connectivity index (χ2n) is 7.86. The Morgan fingerprint density at radius 1 is 1.07 bits per heavy atom. The molecule has 0 unspecified atom stereocenters. The first-order valence-corrected chi connectivity index (χ1v) is 9.77. The maximum absolute atomic E-state index is 13.0. The summed E-state index contributed by atoms with van der Waals surface area (Å²) in [5.74, 6) is -0.469. The third-order valence-corrected chi connectivity index (χ3v) is 5.40. The van der Waals surface area contributed by atoms with Gasteiger partial charge in [-0.3, -0.25) is 9.59 Å². The van der Waals surface area contributed by atoms with Gasteiger partial charge in [0.15, 0.2) is 0 Å². The number of carbonyl (C=O) groups excluding carboxylic acids is 2. The van der Waals surface area contributed by atoms with Crippen molar-refractivity contribution in [2.45, 2.75) is 46.0 Å². The van der Waals surface area contributed by atoms with Crippen LogP contribution in [0, 0.1) is 18.2 Å². The Morgan fingerprint density at radius 2 is 1.75 bits per heavy atom. The van der Waals surface area contributed by atoms with Gasteiger partial charge in [0.2, 0.25) is 11.8 Å². The number of nitrogens with one attached hydrogen (secondary N) is 2. The van der Waals surface area contributed by atoms with E-state index in [9.17, 15) is 14.0 Å². The predicted molar refractivity (Wildman–Crippen MR) is 109 cm³/mol. The highest BCUT2D eigenvalue weighted by atomic mass is 19.1. The average Bonchev–Trinajstić information content (AvgIpc) is 3.47. The quantitative estimate of drug-likeness (QED) is 0.700. The van der Waals surface area contributed by atoms with E-state index in [1.54, 1.807) is 12.1 Å². The van der Waals surface area contributed by atoms with Gasteiger partial charge in [0.1, 0.15) is 11.2 Å². The molecule has 2 aromatic rings. The van der Waals surface area contributed by atoms with Gasteiger partial charge in [-0.05, 0) is 60.9 Å². The molecule has 1 aliphatic carbocycles. The number of carbonyl (C=O) groups is 2. The number of hydrogen-bond acceptors (Lipinski definition) is 2. The molecule has 2 aromatic carbocycles. The van der Waals surface area contributed by atoms with Crippen LogP contribution in [0.2, 0.25) is 0 Å². The van der Waals surface area contributed by atoms with Crippen molar-refractivity contribution in [3.8, 4) is 0 Å². The summed E-state index contributed by atoms with van der Waals surface area (Å²) in [5, 5.41) is 5.89. The lowest BCUT2D eigenvalue weighted by Gasteiger charge is -2.20. The van der Waals surface area contributed by atoms with E-state index in [0.717, 1.165) is 22.4 Å². The van der Waals surface area contributed by atoms with Gasteiger partial charge >= 0.3 is 0 Å². The highest BCUT2D eigenvalue weighted by Gasteiger charge is 2.56. The maximum Gasteiger partial charge on any atom is 0.240 e. The van der Waals surface area contributed by atoms with E-state index >= 15 is 0 Å². The number of anilines is 1. The Morgan fingerprint density at radius 3 is 2.36 bits per heavy atom. The summed E-state index contributed by atoms with van der Waals surface area (Å²) in [5.41, 5.74) is 2.84. The molecule has 148 valence electrons. The molecule has 0 radical (unpaired) electrons. The van der Waals surface area contributed by atoms with E-state index in [1.807, 2.05) is 25.1 Å². The maximum atomic E-state index is 13.0. The van der Waals surface area contributed by atoms with Crippen molar-refractivity contribution in [3.05, 3.63) is 65.0 Å². The van der Waals surface area contributed by atoms with E-state index in [4.69, 9.17) is 0 Å². The third kappa shape index (κ3) is 4.24. The van der Waals surface area contributed by atoms with Gasteiger partial charge < -0.3 is 10.6 Å². The molecule has 0 bridgehead atoms. The van der Waals surface area contributed by atoms with Gasteiger partial charge in [0.25, 0.3) is 0 Å². The van der Waals surface area contributed by atoms with E-state index in [0.29, 0.717) is 25.8 Å². The first-order valence-electron chi connectivity index (χ1n) is 9.77. The number of hydrogen-bond donors (Lipinski definition) is 2. The van der Waals surface area contributed by atoms with Crippen LogP contribution in [0.3, 0.4) is 0 Å². The van der Waals surface area contributed by atoms with Gasteiger partial charge in [-0.25, -0.2) is 4.39 Å². The fourth-order valence-electron chi connectivity index (χ4n) is 3.40. The molecule has 0 heterocycles. The van der Waals surface area contributed by atoms with Gasteiger partial charge in [-0.1, -0.05) is 44.2 Å². The summed E-state index contributed by atoms with van der Waals surface area (Å²) >= 11 is 0. The van der Waals surface area contributed by atoms with Crippen LogP contribution in [0.5, 0.6) is 0 Å². The van der Waals surface area contributed by atoms with E-state index < -0.39 is 5.41 Å². The van der Waals surface area contributed by atoms with Crippen molar-refractivity contribution in [3.63, 3.8) is 0 Å². The molecule has 28 heavy (non-hydrogen) atoms. The molecule has 1 saturated carbocycles. The molecular formula is C23H27FN2O2. The van der Waals surface area contributed by atoms with Crippen LogP contribution in [0.25, 0.3) is 0 Å². The number of rotatable bonds is 7. The first kappa shape index (κ1) is 20.1. The van der Waals surface area contributed by atoms with Gasteiger partial charge in [-0.15, -0.1) is 0 Å². The second kappa shape index (κ2) is 8.13. The minimum absolute atomic E-state index is 0.230. The number of para-hydroxylation sites is 1. The van der Waals surface area contributed by atoms with Gasteiger partial charge in [0, 0.05) is 12.2 Å². The largest absolute Gasteiger partial charge is 0.355 e. The molecule has 0 spiro atoms. The minimum atomic E-state index is -0.973. The van der Waals surface area contributed by atoms with Crippen molar-refractivity contribution >= 4 is 17.5 Å². The van der Waals surface area contributed by atoms with Crippen molar-refractivity contribution in [2.75, 3.05) is 11.9 Å². The third-order valence-electron chi connectivity index (χ3n) is 5.40. The summed E-state index contributed by atoms with van der Waals surface area (Å²) in [6, 6.07) is 12.2. The summed E-state index contributed by atoms with van der Waals surface area (Å²) in [6.07, 6.45) is 1.72. The lowest BCUT2D eigenvalue weighted by Crippen LogP contribution is -2.41. The highest BCUT2D eigenvalue weighted by molar-refractivity contribution is 6.13. The van der Waals surface area contributed by atoms with Crippen LogP contribution in [-0.4, -0.2) is 18.4 Å². The van der Waals surface area contributed by atoms with Crippen LogP contribution < -0.4 is 10.6 Å². The zero-order valence-electron chi connectivity index (χ0n) is 16.6. The molecule has 5 heteroatoms. The Kier molecular flexibility index (Phi) is 5.82. The summed E-state index contributed by atoms with van der Waals surface area (Å²) in [4.78, 5) is 25.6. The number of amides is 2.